The van der Waals surface area contributed by atoms with Crippen molar-refractivity contribution in [3.8, 4) is 23.0 Å². The molecule has 2 aliphatic rings. The van der Waals surface area contributed by atoms with Crippen molar-refractivity contribution < 1.29 is 69.1 Å². The Morgan fingerprint density at radius 2 is 1.64 bits per heavy atom. The van der Waals surface area contributed by atoms with E-state index >= 15 is 0 Å². The highest BCUT2D eigenvalue weighted by molar-refractivity contribution is 6.30. The first-order chi connectivity index (χ1) is 19.8. The van der Waals surface area contributed by atoms with E-state index in [1.807, 2.05) is 0 Å². The average Bonchev–Trinajstić information content (AvgIpc) is 3.19. The van der Waals surface area contributed by atoms with Crippen molar-refractivity contribution in [1.82, 2.24) is 0 Å². The van der Waals surface area contributed by atoms with E-state index in [0.717, 1.165) is 25.1 Å². The molecule has 0 saturated carbocycles. The number of phenols is 4. The number of benzene rings is 2. The molecule has 42 heavy (non-hydrogen) atoms. The molecule has 2 aromatic carbocycles. The van der Waals surface area contributed by atoms with Crippen LogP contribution in [0.2, 0.25) is 0 Å². The Morgan fingerprint density at radius 1 is 0.976 bits per heavy atom. The number of hydrogen-bond acceptors (Lipinski definition) is 14. The number of carbonyl (C=O) groups is 4. The van der Waals surface area contributed by atoms with Crippen LogP contribution >= 0.6 is 0 Å². The van der Waals surface area contributed by atoms with Crippen LogP contribution in [0.5, 0.6) is 23.0 Å². The van der Waals surface area contributed by atoms with Crippen LogP contribution < -0.4 is 0 Å². The summed E-state index contributed by atoms with van der Waals surface area (Å²) in [7, 11) is 0. The van der Waals surface area contributed by atoms with E-state index in [1.54, 1.807) is 0 Å². The number of fused-ring (bicyclic) bond motifs is 2. The number of Topliss-reactive ketones (excluding diaryl/α,β-unsaturated/α-hetero) is 1. The highest BCUT2D eigenvalue weighted by atomic mass is 16.7. The third kappa shape index (κ3) is 5.67. The second-order valence-corrected chi connectivity index (χ2v) is 10.1. The van der Waals surface area contributed by atoms with Gasteiger partial charge in [-0.2, -0.15) is 0 Å². The summed E-state index contributed by atoms with van der Waals surface area (Å²) in [5.41, 5.74) is -2.23. The lowest BCUT2D eigenvalue weighted by Crippen LogP contribution is -2.42. The summed E-state index contributed by atoms with van der Waals surface area (Å²) in [5, 5.41) is 72.5. The minimum Gasteiger partial charge on any atom is -0.508 e. The van der Waals surface area contributed by atoms with Crippen molar-refractivity contribution in [2.24, 2.45) is 0 Å². The molecule has 1 aliphatic carbocycles. The fourth-order valence-corrected chi connectivity index (χ4v) is 5.18. The van der Waals surface area contributed by atoms with Crippen LogP contribution in [0.1, 0.15) is 76.6 Å². The smallest absolute Gasteiger partial charge is 0.303 e. The summed E-state index contributed by atoms with van der Waals surface area (Å²) in [6.07, 6.45) is -9.25. The van der Waals surface area contributed by atoms with Crippen LogP contribution in [0.3, 0.4) is 0 Å². The Hall–Kier alpha value is -4.08. The fourth-order valence-electron chi connectivity index (χ4n) is 5.18. The maximum absolute atomic E-state index is 13.4. The van der Waals surface area contributed by atoms with Crippen LogP contribution in [-0.4, -0.2) is 96.4 Å². The maximum atomic E-state index is 13.4. The number of aliphatic hydroxyl groups is 3. The Bertz CT molecular complexity index is 1430. The first-order valence-electron chi connectivity index (χ1n) is 13.0. The minimum atomic E-state index is -1.67. The van der Waals surface area contributed by atoms with Gasteiger partial charge in [-0.25, -0.2) is 0 Å². The molecule has 1 heterocycles. The third-order valence-electron chi connectivity index (χ3n) is 7.08. The molecule has 1 saturated heterocycles. The zero-order chi connectivity index (χ0) is 31.0. The van der Waals surface area contributed by atoms with Gasteiger partial charge in [-0.3, -0.25) is 14.4 Å². The van der Waals surface area contributed by atoms with Gasteiger partial charge < -0.3 is 54.8 Å². The van der Waals surface area contributed by atoms with Gasteiger partial charge in [-0.05, 0) is 31.9 Å². The topological polar surface area (TPSA) is 238 Å². The SMILES string of the molecule is CC(=O)CCC[C@H](O[C@@H]1O[C@@H]([C@H](O)CO)[C@H](O)[C@H]1OC(C)=O)c1c(O)cc2c(c1O)C(=O)c1c(O)cc(O)cc1C2=O. The first-order valence-corrected chi connectivity index (χ1v) is 13.0. The van der Waals surface area contributed by atoms with E-state index < -0.39 is 106 Å². The molecule has 7 N–H and O–H groups in total. The molecule has 4 rings (SSSR count). The largest absolute Gasteiger partial charge is 0.508 e. The number of hydrogen-bond donors (Lipinski definition) is 7. The lowest BCUT2D eigenvalue weighted by molar-refractivity contribution is -0.213. The van der Waals surface area contributed by atoms with Crippen molar-refractivity contribution in [1.29, 1.82) is 0 Å². The number of aromatic hydroxyl groups is 4. The first kappa shape index (κ1) is 30.9. The lowest BCUT2D eigenvalue weighted by Gasteiger charge is -2.28. The molecule has 0 bridgehead atoms. The van der Waals surface area contributed by atoms with Gasteiger partial charge in [0.15, 0.2) is 18.2 Å². The lowest BCUT2D eigenvalue weighted by atomic mass is 9.81. The Kier molecular flexibility index (Phi) is 8.84. The summed E-state index contributed by atoms with van der Waals surface area (Å²) < 4.78 is 16.6. The molecule has 0 unspecified atom stereocenters. The molecule has 1 fully saturated rings. The van der Waals surface area contributed by atoms with E-state index in [2.05, 4.69) is 0 Å². The molecule has 2 aromatic rings. The fraction of sp³-hybridized carbons (Fsp3) is 0.429. The second kappa shape index (κ2) is 12.0. The van der Waals surface area contributed by atoms with Crippen LogP contribution in [0, 0.1) is 0 Å². The van der Waals surface area contributed by atoms with Crippen LogP contribution in [0.4, 0.5) is 0 Å². The molecule has 1 aliphatic heterocycles. The van der Waals surface area contributed by atoms with Crippen LogP contribution in [0.25, 0.3) is 0 Å². The standard InChI is InChI=1S/C28H30O14/c1-10(30)4-3-5-18(41-28-27(40-11(2)31)25(39)26(42-28)17(35)9-29)21-16(34)8-14-20(24(21)38)23(37)19-13(22(14)36)6-12(32)7-15(19)33/h6-8,17-18,25-29,32-35,38-39H,3-5,9H2,1-2H3/t17-,18+,25+,26+,27-,28-/m1/s1. The number of rotatable bonds is 10. The number of esters is 1. The summed E-state index contributed by atoms with van der Waals surface area (Å²) in [5.74, 6) is -5.72. The molecule has 226 valence electrons. The minimum absolute atomic E-state index is 0.0435. The Labute approximate surface area is 238 Å². The second-order valence-electron chi connectivity index (χ2n) is 10.1. The van der Waals surface area contributed by atoms with Crippen LogP contribution in [0.15, 0.2) is 18.2 Å². The van der Waals surface area contributed by atoms with Gasteiger partial charge in [0.05, 0.1) is 29.4 Å². The monoisotopic (exact) mass is 590 g/mol. The van der Waals surface area contributed by atoms with E-state index in [9.17, 15) is 54.9 Å². The van der Waals surface area contributed by atoms with Gasteiger partial charge in [-0.15, -0.1) is 0 Å². The quantitative estimate of drug-likeness (QED) is 0.159. The van der Waals surface area contributed by atoms with Gasteiger partial charge in [0.1, 0.15) is 47.1 Å². The van der Waals surface area contributed by atoms with Crippen molar-refractivity contribution in [3.05, 3.63) is 46.0 Å². The Balaban J connectivity index is 1.80. The molecule has 0 amide bonds. The number of ketones is 3. The number of ether oxygens (including phenoxy) is 3. The molecule has 0 spiro atoms. The van der Waals surface area contributed by atoms with E-state index in [-0.39, 0.29) is 30.6 Å². The molecule has 14 heteroatoms. The van der Waals surface area contributed by atoms with Gasteiger partial charge in [0, 0.05) is 30.5 Å². The van der Waals surface area contributed by atoms with Crippen molar-refractivity contribution in [2.75, 3.05) is 6.61 Å². The molecule has 14 nitrogen and oxygen atoms in total. The van der Waals surface area contributed by atoms with Gasteiger partial charge in [-0.1, -0.05) is 0 Å². The maximum Gasteiger partial charge on any atom is 0.303 e. The highest BCUT2D eigenvalue weighted by Gasteiger charge is 2.50. The van der Waals surface area contributed by atoms with Crippen molar-refractivity contribution in [2.45, 2.75) is 69.9 Å². The summed E-state index contributed by atoms with van der Waals surface area (Å²) in [4.78, 5) is 50.0. The average molecular weight is 591 g/mol. The molecule has 0 radical (unpaired) electrons. The predicted molar refractivity (Wildman–Crippen MR) is 138 cm³/mol. The zero-order valence-corrected chi connectivity index (χ0v) is 22.5. The zero-order valence-electron chi connectivity index (χ0n) is 22.5. The van der Waals surface area contributed by atoms with Gasteiger partial charge in [0.2, 0.25) is 5.78 Å². The Morgan fingerprint density at radius 3 is 2.26 bits per heavy atom. The normalized spacial score (nSPS) is 22.8. The predicted octanol–water partition coefficient (Wildman–Crippen LogP) is 0.472. The number of phenolic OH excluding ortho intramolecular Hbond substituents is 4. The van der Waals surface area contributed by atoms with Crippen LogP contribution in [-0.2, 0) is 23.8 Å². The van der Waals surface area contributed by atoms with E-state index in [0.29, 0.717) is 0 Å². The third-order valence-corrected chi connectivity index (χ3v) is 7.08. The molecular formula is C28H30O14. The number of carbonyl (C=O) groups excluding carboxylic acids is 4. The van der Waals surface area contributed by atoms with Crippen molar-refractivity contribution in [3.63, 3.8) is 0 Å². The van der Waals surface area contributed by atoms with E-state index in [4.69, 9.17) is 14.2 Å². The molecule has 0 aromatic heterocycles. The summed E-state index contributed by atoms with van der Waals surface area (Å²) in [6, 6.07) is 2.71. The molecule has 6 atom stereocenters. The summed E-state index contributed by atoms with van der Waals surface area (Å²) >= 11 is 0. The van der Waals surface area contributed by atoms with Crippen molar-refractivity contribution >= 4 is 23.3 Å². The molecular weight excluding hydrogens is 560 g/mol. The van der Waals surface area contributed by atoms with Gasteiger partial charge >= 0.3 is 5.97 Å². The summed E-state index contributed by atoms with van der Waals surface area (Å²) in [6.45, 7) is 1.56. The highest BCUT2D eigenvalue weighted by Crippen LogP contribution is 2.47. The van der Waals surface area contributed by atoms with E-state index in [1.165, 1.54) is 6.92 Å². The number of aliphatic hydroxyl groups excluding tert-OH is 3. The van der Waals surface area contributed by atoms with Gasteiger partial charge in [0.25, 0.3) is 0 Å².